The minimum atomic E-state index is -1.30. The number of rotatable bonds is 10. The normalized spacial score (nSPS) is 19.4. The van der Waals surface area contributed by atoms with Gasteiger partial charge in [0.2, 0.25) is 11.3 Å². The first kappa shape index (κ1) is 30.3. The van der Waals surface area contributed by atoms with Crippen molar-refractivity contribution in [3.05, 3.63) is 58.4 Å². The first-order valence-electron chi connectivity index (χ1n) is 14.7. The largest absolute Gasteiger partial charge is 0.488 e. The van der Waals surface area contributed by atoms with Gasteiger partial charge in [-0.25, -0.2) is 13.6 Å². The van der Waals surface area contributed by atoms with E-state index in [0.29, 0.717) is 5.52 Å². The summed E-state index contributed by atoms with van der Waals surface area (Å²) in [5, 5.41) is 13.9. The summed E-state index contributed by atoms with van der Waals surface area (Å²) in [6, 6.07) is 6.91. The fourth-order valence-electron chi connectivity index (χ4n) is 5.76. The molecule has 45 heavy (non-hydrogen) atoms. The number of aliphatic hydroxyl groups is 1. The van der Waals surface area contributed by atoms with Gasteiger partial charge in [-0.2, -0.15) is 0 Å². The molecule has 0 spiro atoms. The van der Waals surface area contributed by atoms with Crippen LogP contribution in [0, 0.1) is 11.6 Å². The van der Waals surface area contributed by atoms with Gasteiger partial charge in [0.15, 0.2) is 17.3 Å². The molecule has 6 rings (SSSR count). The van der Waals surface area contributed by atoms with E-state index in [1.54, 1.807) is 11.0 Å². The van der Waals surface area contributed by atoms with Crippen molar-refractivity contribution in [1.29, 1.82) is 0 Å². The van der Waals surface area contributed by atoms with Crippen molar-refractivity contribution in [1.82, 2.24) is 9.88 Å². The zero-order valence-corrected chi connectivity index (χ0v) is 24.5. The van der Waals surface area contributed by atoms with Gasteiger partial charge in [-0.05, 0) is 49.9 Å². The Morgan fingerprint density at radius 2 is 1.89 bits per heavy atom. The number of cyclic esters (lactones) is 1. The predicted octanol–water partition coefficient (Wildman–Crippen LogP) is 3.02. The average molecular weight is 627 g/mol. The number of aromatic nitrogens is 1. The molecule has 2 N–H and O–H groups in total. The number of amides is 2. The van der Waals surface area contributed by atoms with Crippen LogP contribution in [0.1, 0.15) is 38.6 Å². The molecule has 14 heteroatoms. The number of halogens is 2. The van der Waals surface area contributed by atoms with Crippen LogP contribution >= 0.6 is 0 Å². The number of ether oxygens (including phenoxy) is 3. The summed E-state index contributed by atoms with van der Waals surface area (Å²) >= 11 is 0. The number of pyridine rings is 1. The first-order valence-corrected chi connectivity index (χ1v) is 14.7. The van der Waals surface area contributed by atoms with Crippen LogP contribution in [0.5, 0.6) is 11.5 Å². The van der Waals surface area contributed by atoms with Gasteiger partial charge < -0.3 is 34.1 Å². The van der Waals surface area contributed by atoms with Crippen molar-refractivity contribution in [2.75, 3.05) is 42.6 Å². The molecule has 0 radical (unpaired) electrons. The second-order valence-corrected chi connectivity index (χ2v) is 11.7. The number of nitrogens with one attached hydrogen (secondary N) is 1. The van der Waals surface area contributed by atoms with Gasteiger partial charge in [0, 0.05) is 32.1 Å². The molecular formula is C31H32F2N4O8. The molecule has 3 aliphatic rings. The number of hydrogen-bond donors (Lipinski definition) is 2. The number of fused-ring (bicyclic) bond motifs is 1. The van der Waals surface area contributed by atoms with E-state index in [-0.39, 0.29) is 92.3 Å². The fourth-order valence-corrected chi connectivity index (χ4v) is 5.76. The van der Waals surface area contributed by atoms with E-state index in [1.165, 1.54) is 30.2 Å². The summed E-state index contributed by atoms with van der Waals surface area (Å²) in [6.45, 7) is 2.16. The van der Waals surface area contributed by atoms with Crippen LogP contribution in [-0.2, 0) is 14.3 Å². The Morgan fingerprint density at radius 1 is 1.13 bits per heavy atom. The number of nitrogens with zero attached hydrogens (tertiary/aromatic N) is 3. The van der Waals surface area contributed by atoms with E-state index in [0.717, 1.165) is 25.0 Å². The summed E-state index contributed by atoms with van der Waals surface area (Å²) in [5.41, 5.74) is -0.798. The number of benzene rings is 2. The minimum absolute atomic E-state index is 0.103. The van der Waals surface area contributed by atoms with Gasteiger partial charge in [-0.3, -0.25) is 19.3 Å². The number of carbonyl (C=O) groups is 3. The Bertz CT molecular complexity index is 1720. The van der Waals surface area contributed by atoms with E-state index < -0.39 is 34.9 Å². The highest BCUT2D eigenvalue weighted by Crippen LogP contribution is 2.39. The Kier molecular flexibility index (Phi) is 8.08. The lowest BCUT2D eigenvalue weighted by Crippen LogP contribution is -2.48. The highest BCUT2D eigenvalue weighted by atomic mass is 19.1. The average Bonchev–Trinajstić information content (AvgIpc) is 3.78. The van der Waals surface area contributed by atoms with Crippen molar-refractivity contribution >= 4 is 40.8 Å². The van der Waals surface area contributed by atoms with E-state index in [2.05, 4.69) is 5.32 Å². The maximum Gasteiger partial charge on any atom is 0.414 e. The highest BCUT2D eigenvalue weighted by Gasteiger charge is 2.36. The number of piperidine rings is 1. The van der Waals surface area contributed by atoms with Gasteiger partial charge in [-0.1, -0.05) is 0 Å². The molecule has 2 aliphatic heterocycles. The lowest BCUT2D eigenvalue weighted by atomic mass is 9.92. The van der Waals surface area contributed by atoms with Crippen molar-refractivity contribution in [2.45, 2.75) is 50.4 Å². The van der Waals surface area contributed by atoms with E-state index in [4.69, 9.17) is 14.2 Å². The molecule has 1 aromatic heterocycles. The van der Waals surface area contributed by atoms with Crippen molar-refractivity contribution < 1.29 is 42.5 Å². The standard InChI is InChI=1S/C31H32F2N4O8/c1-18(39)34-13-21-14-37(30(41)45-21)20-4-5-27(24(33)10-20)43-16-31(42)6-8-35(9-7-31)26-12-25-22(11-23(26)32)29(40)28(44-17-38)15-36(25)19-2-3-19/h4-5,10-12,15,17,19,21,42H,2-3,6-9,13-14,16H2,1H3,(H,34,39)/t21-/m0/s1. The number of anilines is 2. The van der Waals surface area contributed by atoms with Crippen LogP contribution in [-0.4, -0.2) is 72.6 Å². The molecule has 12 nitrogen and oxygen atoms in total. The minimum Gasteiger partial charge on any atom is -0.488 e. The summed E-state index contributed by atoms with van der Waals surface area (Å²) in [4.78, 5) is 50.1. The van der Waals surface area contributed by atoms with Crippen molar-refractivity contribution in [3.8, 4) is 11.5 Å². The van der Waals surface area contributed by atoms with Crippen LogP contribution in [0.3, 0.4) is 0 Å². The van der Waals surface area contributed by atoms with Crippen LogP contribution in [0.4, 0.5) is 25.0 Å². The molecule has 0 unspecified atom stereocenters. The second kappa shape index (κ2) is 12.0. The number of carbonyl (C=O) groups excluding carboxylic acids is 3. The maximum absolute atomic E-state index is 15.3. The third kappa shape index (κ3) is 6.27. The molecular weight excluding hydrogens is 594 g/mol. The summed E-state index contributed by atoms with van der Waals surface area (Å²) in [7, 11) is 0. The SMILES string of the molecule is CC(=O)NC[C@H]1CN(c2ccc(OCC3(O)CCN(c4cc5c(cc4F)c(=O)c(OC=O)cn5C4CC4)CC3)c(F)c2)C(=O)O1. The molecule has 2 saturated heterocycles. The van der Waals surface area contributed by atoms with Gasteiger partial charge in [-0.15, -0.1) is 0 Å². The number of hydrogen-bond acceptors (Lipinski definition) is 9. The molecule has 3 aromatic rings. The lowest BCUT2D eigenvalue weighted by Gasteiger charge is -2.39. The van der Waals surface area contributed by atoms with Crippen molar-refractivity contribution in [2.24, 2.45) is 0 Å². The van der Waals surface area contributed by atoms with Crippen LogP contribution in [0.25, 0.3) is 10.9 Å². The van der Waals surface area contributed by atoms with Gasteiger partial charge >= 0.3 is 6.09 Å². The summed E-state index contributed by atoms with van der Waals surface area (Å²) in [6.07, 6.45) is 2.45. The smallest absolute Gasteiger partial charge is 0.414 e. The third-order valence-corrected chi connectivity index (χ3v) is 8.39. The Morgan fingerprint density at radius 3 is 2.56 bits per heavy atom. The maximum atomic E-state index is 15.3. The summed E-state index contributed by atoms with van der Waals surface area (Å²) < 4.78 is 47.9. The van der Waals surface area contributed by atoms with E-state index in [9.17, 15) is 28.7 Å². The summed E-state index contributed by atoms with van der Waals surface area (Å²) in [5.74, 6) is -1.86. The Balaban J connectivity index is 1.10. The topological polar surface area (TPSA) is 140 Å². The first-order chi connectivity index (χ1) is 21.5. The lowest BCUT2D eigenvalue weighted by molar-refractivity contribution is -0.121. The van der Waals surface area contributed by atoms with Gasteiger partial charge in [0.1, 0.15) is 24.1 Å². The Labute approximate surface area is 256 Å². The van der Waals surface area contributed by atoms with Crippen molar-refractivity contribution in [3.63, 3.8) is 0 Å². The molecule has 2 amide bonds. The molecule has 3 heterocycles. The van der Waals surface area contributed by atoms with Crippen LogP contribution in [0.2, 0.25) is 0 Å². The second-order valence-electron chi connectivity index (χ2n) is 11.7. The van der Waals surface area contributed by atoms with E-state index >= 15 is 4.39 Å². The predicted molar refractivity (Wildman–Crippen MR) is 158 cm³/mol. The Hall–Kier alpha value is -4.72. The zero-order valence-electron chi connectivity index (χ0n) is 24.5. The third-order valence-electron chi connectivity index (χ3n) is 8.39. The monoisotopic (exact) mass is 626 g/mol. The van der Waals surface area contributed by atoms with Gasteiger partial charge in [0.25, 0.3) is 6.47 Å². The molecule has 1 aliphatic carbocycles. The molecule has 2 aromatic carbocycles. The zero-order chi connectivity index (χ0) is 31.9. The van der Waals surface area contributed by atoms with Crippen LogP contribution < -0.4 is 30.0 Å². The fraction of sp³-hybridized carbons (Fsp3) is 0.419. The molecule has 0 bridgehead atoms. The van der Waals surface area contributed by atoms with Gasteiger partial charge in [0.05, 0.1) is 41.6 Å². The molecule has 1 saturated carbocycles. The quantitative estimate of drug-likeness (QED) is 0.325. The van der Waals surface area contributed by atoms with E-state index in [1.807, 2.05) is 4.57 Å². The van der Waals surface area contributed by atoms with Crippen LogP contribution in [0.15, 0.2) is 41.3 Å². The molecule has 1 atom stereocenters. The molecule has 238 valence electrons. The molecule has 3 fully saturated rings. The highest BCUT2D eigenvalue weighted by molar-refractivity contribution is 5.90.